The summed E-state index contributed by atoms with van der Waals surface area (Å²) in [5, 5.41) is 4.03. The maximum Gasteiger partial charge on any atom is 0.101 e. The summed E-state index contributed by atoms with van der Waals surface area (Å²) >= 11 is 0. The second kappa shape index (κ2) is 4.61. The number of rotatable bonds is 0. The van der Waals surface area contributed by atoms with Crippen LogP contribution in [-0.2, 0) is 18.4 Å². The molecule has 0 bridgehead atoms. The van der Waals surface area contributed by atoms with Gasteiger partial charge in [0, 0.05) is 24.7 Å². The van der Waals surface area contributed by atoms with Gasteiger partial charge in [0.1, 0.15) is 5.66 Å². The Hall–Kier alpha value is -1.80. The SMILES string of the molecule is CN1c2ccccc2C23CCCCC12NCc1ccccc1C3. The number of hydrogen-bond donors (Lipinski definition) is 1. The first-order valence-electron chi connectivity index (χ1n) is 8.92. The van der Waals surface area contributed by atoms with E-state index in [0.29, 0.717) is 0 Å². The molecule has 2 heterocycles. The summed E-state index contributed by atoms with van der Waals surface area (Å²) in [6.07, 6.45) is 6.36. The van der Waals surface area contributed by atoms with Gasteiger partial charge in [-0.25, -0.2) is 0 Å². The van der Waals surface area contributed by atoms with Crippen LogP contribution >= 0.6 is 0 Å². The van der Waals surface area contributed by atoms with E-state index < -0.39 is 0 Å². The van der Waals surface area contributed by atoms with Crippen molar-refractivity contribution in [3.8, 4) is 0 Å². The van der Waals surface area contributed by atoms with E-state index in [2.05, 4.69) is 65.8 Å². The molecule has 118 valence electrons. The van der Waals surface area contributed by atoms with Crippen molar-refractivity contribution in [1.82, 2.24) is 5.32 Å². The molecule has 1 fully saturated rings. The van der Waals surface area contributed by atoms with Crippen molar-refractivity contribution in [3.05, 3.63) is 65.2 Å². The van der Waals surface area contributed by atoms with E-state index in [4.69, 9.17) is 0 Å². The van der Waals surface area contributed by atoms with Gasteiger partial charge in [-0.05, 0) is 48.4 Å². The third-order valence-corrected chi connectivity index (χ3v) is 6.72. The highest BCUT2D eigenvalue weighted by atomic mass is 15.4. The van der Waals surface area contributed by atoms with Crippen molar-refractivity contribution in [1.29, 1.82) is 0 Å². The van der Waals surface area contributed by atoms with Crippen LogP contribution in [0.4, 0.5) is 5.69 Å². The molecule has 2 nitrogen and oxygen atoms in total. The second-order valence-corrected chi connectivity index (χ2v) is 7.52. The smallest absolute Gasteiger partial charge is 0.101 e. The molecule has 0 amide bonds. The van der Waals surface area contributed by atoms with Crippen molar-refractivity contribution in [2.45, 2.75) is 49.7 Å². The zero-order valence-corrected chi connectivity index (χ0v) is 13.8. The molecule has 1 N–H and O–H groups in total. The van der Waals surface area contributed by atoms with Crippen molar-refractivity contribution in [3.63, 3.8) is 0 Å². The highest BCUT2D eigenvalue weighted by Crippen LogP contribution is 2.59. The van der Waals surface area contributed by atoms with Crippen LogP contribution < -0.4 is 10.2 Å². The molecule has 2 unspecified atom stereocenters. The summed E-state index contributed by atoms with van der Waals surface area (Å²) in [6.45, 7) is 0.982. The third-order valence-electron chi connectivity index (χ3n) is 6.72. The molecule has 2 aromatic rings. The van der Waals surface area contributed by atoms with Crippen molar-refractivity contribution >= 4 is 5.69 Å². The van der Waals surface area contributed by atoms with Gasteiger partial charge >= 0.3 is 0 Å². The van der Waals surface area contributed by atoms with Gasteiger partial charge in [-0.3, -0.25) is 5.32 Å². The minimum Gasteiger partial charge on any atom is -0.355 e. The van der Waals surface area contributed by atoms with Crippen molar-refractivity contribution in [2.24, 2.45) is 0 Å². The highest BCUT2D eigenvalue weighted by molar-refractivity contribution is 5.67. The fourth-order valence-electron chi connectivity index (χ4n) is 5.65. The zero-order valence-electron chi connectivity index (χ0n) is 13.8. The lowest BCUT2D eigenvalue weighted by Gasteiger charge is -2.52. The molecular formula is C21H24N2. The van der Waals surface area contributed by atoms with Crippen LogP contribution in [0.2, 0.25) is 0 Å². The molecule has 2 heteroatoms. The molecule has 0 saturated heterocycles. The summed E-state index contributed by atoms with van der Waals surface area (Å²) in [7, 11) is 2.30. The first-order chi connectivity index (χ1) is 11.3. The summed E-state index contributed by atoms with van der Waals surface area (Å²) in [4.78, 5) is 2.56. The largest absolute Gasteiger partial charge is 0.355 e. The van der Waals surface area contributed by atoms with Crippen LogP contribution in [0.1, 0.15) is 42.4 Å². The molecular weight excluding hydrogens is 280 g/mol. The second-order valence-electron chi connectivity index (χ2n) is 7.52. The predicted molar refractivity (Wildman–Crippen MR) is 94.7 cm³/mol. The van der Waals surface area contributed by atoms with Gasteiger partial charge in [0.25, 0.3) is 0 Å². The van der Waals surface area contributed by atoms with E-state index in [1.807, 2.05) is 0 Å². The Morgan fingerprint density at radius 1 is 0.913 bits per heavy atom. The summed E-state index contributed by atoms with van der Waals surface area (Å²) in [5.41, 5.74) is 6.30. The van der Waals surface area contributed by atoms with Crippen LogP contribution in [-0.4, -0.2) is 12.7 Å². The van der Waals surface area contributed by atoms with Gasteiger partial charge < -0.3 is 4.90 Å². The molecule has 2 aromatic carbocycles. The summed E-state index contributed by atoms with van der Waals surface area (Å²) in [5.74, 6) is 0. The molecule has 1 aliphatic carbocycles. The van der Waals surface area contributed by atoms with Crippen molar-refractivity contribution < 1.29 is 0 Å². The van der Waals surface area contributed by atoms with Crippen LogP contribution in [0.3, 0.4) is 0 Å². The number of para-hydroxylation sites is 1. The lowest BCUT2D eigenvalue weighted by atomic mass is 9.61. The quantitative estimate of drug-likeness (QED) is 0.791. The lowest BCUT2D eigenvalue weighted by molar-refractivity contribution is 0.120. The minimum atomic E-state index is 0.0773. The average molecular weight is 304 g/mol. The van der Waals surface area contributed by atoms with E-state index in [1.54, 1.807) is 5.56 Å². The van der Waals surface area contributed by atoms with E-state index in [0.717, 1.165) is 13.0 Å². The monoisotopic (exact) mass is 304 g/mol. The number of likely N-dealkylation sites (N-methyl/N-ethyl adjacent to an activating group) is 1. The molecule has 5 rings (SSSR count). The number of benzene rings is 2. The van der Waals surface area contributed by atoms with Gasteiger partial charge in [0.15, 0.2) is 0 Å². The number of anilines is 1. The Bertz CT molecular complexity index is 768. The zero-order chi connectivity index (χ0) is 15.5. The maximum absolute atomic E-state index is 4.03. The Morgan fingerprint density at radius 2 is 1.65 bits per heavy atom. The van der Waals surface area contributed by atoms with Gasteiger partial charge in [0.2, 0.25) is 0 Å². The molecule has 23 heavy (non-hydrogen) atoms. The number of hydrogen-bond acceptors (Lipinski definition) is 2. The van der Waals surface area contributed by atoms with Crippen LogP contribution in [0.5, 0.6) is 0 Å². The Morgan fingerprint density at radius 3 is 2.57 bits per heavy atom. The summed E-state index contributed by atoms with van der Waals surface area (Å²) in [6, 6.07) is 18.1. The molecule has 3 aliphatic rings. The predicted octanol–water partition coefficient (Wildman–Crippen LogP) is 3.99. The van der Waals surface area contributed by atoms with E-state index in [9.17, 15) is 0 Å². The molecule has 0 aromatic heterocycles. The third kappa shape index (κ3) is 1.57. The maximum atomic E-state index is 4.03. The van der Waals surface area contributed by atoms with Crippen LogP contribution in [0.15, 0.2) is 48.5 Å². The first-order valence-corrected chi connectivity index (χ1v) is 8.92. The van der Waals surface area contributed by atoms with Gasteiger partial charge in [-0.1, -0.05) is 48.9 Å². The molecule has 0 radical (unpaired) electrons. The lowest BCUT2D eigenvalue weighted by Crippen LogP contribution is -2.67. The average Bonchev–Trinajstić information content (AvgIpc) is 2.72. The molecule has 0 spiro atoms. The van der Waals surface area contributed by atoms with E-state index in [1.165, 1.54) is 42.5 Å². The van der Waals surface area contributed by atoms with E-state index >= 15 is 0 Å². The summed E-state index contributed by atoms with van der Waals surface area (Å²) < 4.78 is 0. The van der Waals surface area contributed by atoms with Crippen LogP contribution in [0, 0.1) is 0 Å². The Balaban J connectivity index is 1.78. The van der Waals surface area contributed by atoms with Gasteiger partial charge in [0.05, 0.1) is 0 Å². The first kappa shape index (κ1) is 13.6. The number of nitrogens with zero attached hydrogens (tertiary/aromatic N) is 1. The molecule has 2 atom stereocenters. The van der Waals surface area contributed by atoms with Gasteiger partial charge in [-0.2, -0.15) is 0 Å². The minimum absolute atomic E-state index is 0.0773. The Labute approximate surface area is 138 Å². The fourth-order valence-corrected chi connectivity index (χ4v) is 5.65. The highest BCUT2D eigenvalue weighted by Gasteiger charge is 2.61. The fraction of sp³-hybridized carbons (Fsp3) is 0.429. The van der Waals surface area contributed by atoms with Crippen molar-refractivity contribution in [2.75, 3.05) is 11.9 Å². The Kier molecular flexibility index (Phi) is 2.73. The van der Waals surface area contributed by atoms with E-state index in [-0.39, 0.29) is 11.1 Å². The number of nitrogens with one attached hydrogen (secondary N) is 1. The molecule has 2 aliphatic heterocycles. The number of fused-ring (bicyclic) bond motifs is 2. The standard InChI is InChI=1S/C21H24N2/c1-23-19-11-5-4-10-18(19)20-12-6-7-13-21(20,23)22-15-17-9-3-2-8-16(17)14-20/h2-5,8-11,22H,6-7,12-15H2,1H3. The van der Waals surface area contributed by atoms with Crippen LogP contribution in [0.25, 0.3) is 0 Å². The molecule has 1 saturated carbocycles. The van der Waals surface area contributed by atoms with Gasteiger partial charge in [-0.15, -0.1) is 0 Å². The normalized spacial score (nSPS) is 31.6. The topological polar surface area (TPSA) is 15.3 Å².